The molecule has 0 spiro atoms. The first-order chi connectivity index (χ1) is 11.4. The number of ketones is 1. The summed E-state index contributed by atoms with van der Waals surface area (Å²) in [7, 11) is 1.77. The van der Waals surface area contributed by atoms with Crippen LogP contribution in [0.25, 0.3) is 0 Å². The predicted octanol–water partition coefficient (Wildman–Crippen LogP) is 3.10. The van der Waals surface area contributed by atoms with Gasteiger partial charge < -0.3 is 9.30 Å². The number of nitriles is 1. The number of carbonyl (C=O) groups is 2. The summed E-state index contributed by atoms with van der Waals surface area (Å²) in [6.45, 7) is 5.70. The zero-order valence-corrected chi connectivity index (χ0v) is 14.3. The number of esters is 1. The molecular weight excluding hydrogens is 304 g/mol. The highest BCUT2D eigenvalue weighted by Gasteiger charge is 2.25. The predicted molar refractivity (Wildman–Crippen MR) is 89.8 cm³/mol. The minimum Gasteiger partial charge on any atom is -0.465 e. The third-order valence-electron chi connectivity index (χ3n) is 4.04. The van der Waals surface area contributed by atoms with E-state index in [1.54, 1.807) is 49.7 Å². The van der Waals surface area contributed by atoms with Crippen molar-refractivity contribution < 1.29 is 14.3 Å². The molecule has 1 aromatic heterocycles. The molecule has 0 aliphatic carbocycles. The van der Waals surface area contributed by atoms with Crippen LogP contribution in [0.3, 0.4) is 0 Å². The van der Waals surface area contributed by atoms with Crippen LogP contribution in [-0.2, 0) is 16.6 Å². The van der Waals surface area contributed by atoms with Crippen molar-refractivity contribution in [3.8, 4) is 6.07 Å². The Morgan fingerprint density at radius 2 is 1.92 bits per heavy atom. The standard InChI is InChI=1S/C19H20N2O3/c1-5-24-19(23)13(3)16-10-12(2)17(21(16)4)18(22)15-8-6-14(11-20)7-9-15/h6-10,13H,5H2,1-4H3. The molecule has 0 bridgehead atoms. The van der Waals surface area contributed by atoms with Gasteiger partial charge in [0.25, 0.3) is 0 Å². The molecule has 0 radical (unpaired) electrons. The second kappa shape index (κ2) is 7.14. The molecule has 0 fully saturated rings. The van der Waals surface area contributed by atoms with Crippen LogP contribution in [0.1, 0.15) is 52.6 Å². The van der Waals surface area contributed by atoms with Crippen LogP contribution in [0, 0.1) is 18.3 Å². The number of carbonyl (C=O) groups excluding carboxylic acids is 2. The lowest BCUT2D eigenvalue weighted by Crippen LogP contribution is -2.17. The third kappa shape index (κ3) is 3.23. The van der Waals surface area contributed by atoms with Crippen LogP contribution in [0.5, 0.6) is 0 Å². The first-order valence-electron chi connectivity index (χ1n) is 7.78. The summed E-state index contributed by atoms with van der Waals surface area (Å²) in [5, 5.41) is 8.85. The van der Waals surface area contributed by atoms with Gasteiger partial charge in [-0.3, -0.25) is 9.59 Å². The van der Waals surface area contributed by atoms with Crippen LogP contribution in [0.2, 0.25) is 0 Å². The van der Waals surface area contributed by atoms with Crippen molar-refractivity contribution in [3.63, 3.8) is 0 Å². The van der Waals surface area contributed by atoms with Gasteiger partial charge >= 0.3 is 5.97 Å². The molecule has 1 heterocycles. The molecule has 0 N–H and O–H groups in total. The topological polar surface area (TPSA) is 72.1 Å². The van der Waals surface area contributed by atoms with Crippen molar-refractivity contribution in [2.45, 2.75) is 26.7 Å². The van der Waals surface area contributed by atoms with Gasteiger partial charge in [0.05, 0.1) is 29.9 Å². The highest BCUT2D eigenvalue weighted by molar-refractivity contribution is 6.09. The molecule has 5 nitrogen and oxygen atoms in total. The number of rotatable bonds is 5. The fraction of sp³-hybridized carbons (Fsp3) is 0.316. The average Bonchev–Trinajstić information content (AvgIpc) is 2.88. The third-order valence-corrected chi connectivity index (χ3v) is 4.04. The average molecular weight is 324 g/mol. The zero-order valence-electron chi connectivity index (χ0n) is 14.3. The number of hydrogen-bond acceptors (Lipinski definition) is 4. The van der Waals surface area contributed by atoms with Crippen LogP contribution in [-0.4, -0.2) is 22.9 Å². The van der Waals surface area contributed by atoms with Gasteiger partial charge in [-0.15, -0.1) is 0 Å². The summed E-state index contributed by atoms with van der Waals surface area (Å²) in [6, 6.07) is 10.4. The normalized spacial score (nSPS) is 11.6. The molecule has 1 aromatic carbocycles. The van der Waals surface area contributed by atoms with E-state index in [-0.39, 0.29) is 11.8 Å². The first-order valence-corrected chi connectivity index (χ1v) is 7.78. The summed E-state index contributed by atoms with van der Waals surface area (Å²) in [5.74, 6) is -0.895. The van der Waals surface area contributed by atoms with E-state index >= 15 is 0 Å². The van der Waals surface area contributed by atoms with Gasteiger partial charge in [0.2, 0.25) is 5.78 Å². The van der Waals surface area contributed by atoms with Gasteiger partial charge in [-0.25, -0.2) is 0 Å². The van der Waals surface area contributed by atoms with Crippen molar-refractivity contribution in [1.82, 2.24) is 4.57 Å². The Morgan fingerprint density at radius 1 is 1.29 bits per heavy atom. The fourth-order valence-corrected chi connectivity index (χ4v) is 2.75. The molecule has 1 unspecified atom stereocenters. The van der Waals surface area contributed by atoms with Crippen molar-refractivity contribution >= 4 is 11.8 Å². The SMILES string of the molecule is CCOC(=O)C(C)c1cc(C)c(C(=O)c2ccc(C#N)cc2)n1C. The van der Waals surface area contributed by atoms with Crippen molar-refractivity contribution in [2.24, 2.45) is 7.05 Å². The highest BCUT2D eigenvalue weighted by atomic mass is 16.5. The Morgan fingerprint density at radius 3 is 2.46 bits per heavy atom. The number of benzene rings is 1. The minimum atomic E-state index is -0.448. The maximum atomic E-state index is 12.8. The Hall–Kier alpha value is -2.87. The molecule has 0 aliphatic rings. The fourth-order valence-electron chi connectivity index (χ4n) is 2.75. The van der Waals surface area contributed by atoms with Crippen LogP contribution in [0.15, 0.2) is 30.3 Å². The number of aromatic nitrogens is 1. The summed E-state index contributed by atoms with van der Waals surface area (Å²) in [4.78, 5) is 24.8. The Labute approximate surface area is 141 Å². The number of aryl methyl sites for hydroxylation is 1. The van der Waals surface area contributed by atoms with E-state index in [1.165, 1.54) is 0 Å². The molecule has 5 heteroatoms. The summed E-state index contributed by atoms with van der Waals surface area (Å²) in [5.41, 5.74) is 3.09. The highest BCUT2D eigenvalue weighted by Crippen LogP contribution is 2.25. The van der Waals surface area contributed by atoms with E-state index in [9.17, 15) is 9.59 Å². The monoisotopic (exact) mass is 324 g/mol. The minimum absolute atomic E-state index is 0.137. The number of ether oxygens (including phenoxy) is 1. The van der Waals surface area contributed by atoms with E-state index < -0.39 is 5.92 Å². The largest absolute Gasteiger partial charge is 0.465 e. The van der Waals surface area contributed by atoms with Crippen molar-refractivity contribution in [3.05, 3.63) is 58.4 Å². The summed E-state index contributed by atoms with van der Waals surface area (Å²) >= 11 is 0. The lowest BCUT2D eigenvalue weighted by atomic mass is 10.0. The molecule has 0 aliphatic heterocycles. The van der Waals surface area contributed by atoms with Crippen LogP contribution >= 0.6 is 0 Å². The van der Waals surface area contributed by atoms with Gasteiger partial charge in [0.1, 0.15) is 0 Å². The van der Waals surface area contributed by atoms with E-state index in [2.05, 4.69) is 0 Å². The summed E-state index contributed by atoms with van der Waals surface area (Å²) in [6.07, 6.45) is 0. The van der Waals surface area contributed by atoms with E-state index in [1.807, 2.05) is 19.1 Å². The molecule has 2 aromatic rings. The van der Waals surface area contributed by atoms with Crippen molar-refractivity contribution in [1.29, 1.82) is 5.26 Å². The second-order valence-electron chi connectivity index (χ2n) is 5.65. The van der Waals surface area contributed by atoms with E-state index in [4.69, 9.17) is 10.00 Å². The summed E-state index contributed by atoms with van der Waals surface area (Å²) < 4.78 is 6.81. The first kappa shape index (κ1) is 17.5. The lowest BCUT2D eigenvalue weighted by Gasteiger charge is -2.13. The lowest BCUT2D eigenvalue weighted by molar-refractivity contribution is -0.144. The molecule has 0 saturated carbocycles. The van der Waals surface area contributed by atoms with Gasteiger partial charge in [0, 0.05) is 18.3 Å². The zero-order chi connectivity index (χ0) is 17.9. The second-order valence-corrected chi connectivity index (χ2v) is 5.65. The van der Waals surface area contributed by atoms with Gasteiger partial charge in [-0.2, -0.15) is 5.26 Å². The van der Waals surface area contributed by atoms with E-state index in [0.29, 0.717) is 23.4 Å². The maximum absolute atomic E-state index is 12.8. The maximum Gasteiger partial charge on any atom is 0.314 e. The number of nitrogens with zero attached hydrogens (tertiary/aromatic N) is 2. The molecular formula is C19H20N2O3. The van der Waals surface area contributed by atoms with Crippen LogP contribution < -0.4 is 0 Å². The smallest absolute Gasteiger partial charge is 0.314 e. The van der Waals surface area contributed by atoms with Crippen molar-refractivity contribution in [2.75, 3.05) is 6.61 Å². The number of hydrogen-bond donors (Lipinski definition) is 0. The molecule has 2 rings (SSSR count). The molecule has 0 saturated heterocycles. The van der Waals surface area contributed by atoms with Gasteiger partial charge in [-0.1, -0.05) is 0 Å². The molecule has 1 atom stereocenters. The van der Waals surface area contributed by atoms with E-state index in [0.717, 1.165) is 11.3 Å². The Kier molecular flexibility index (Phi) is 5.20. The molecule has 0 amide bonds. The Balaban J connectivity index is 2.39. The Bertz CT molecular complexity index is 810. The molecule has 124 valence electrons. The van der Waals surface area contributed by atoms with Gasteiger partial charge in [-0.05, 0) is 56.7 Å². The molecule has 24 heavy (non-hydrogen) atoms. The quantitative estimate of drug-likeness (QED) is 0.626. The van der Waals surface area contributed by atoms with Crippen LogP contribution in [0.4, 0.5) is 0 Å². The van der Waals surface area contributed by atoms with Gasteiger partial charge in [0.15, 0.2) is 0 Å².